The molecule has 0 N–H and O–H groups in total. The van der Waals surface area contributed by atoms with Gasteiger partial charge in [-0.1, -0.05) is 0 Å². The summed E-state index contributed by atoms with van der Waals surface area (Å²) in [4.78, 5) is 5.23. The van der Waals surface area contributed by atoms with Gasteiger partial charge in [-0.15, -0.1) is 0 Å². The molecule has 0 aromatic carbocycles. The normalized spacial score (nSPS) is 18.3. The Morgan fingerprint density at radius 1 is 0.600 bits per heavy atom. The van der Waals surface area contributed by atoms with Crippen molar-refractivity contribution in [1.29, 1.82) is 0 Å². The zero-order chi connectivity index (χ0) is 13.8. The van der Waals surface area contributed by atoms with Gasteiger partial charge in [-0.05, 0) is 0 Å². The molecule has 1 fully saturated rings. The summed E-state index contributed by atoms with van der Waals surface area (Å²) in [7, 11) is 13.7. The van der Waals surface area contributed by atoms with Crippen molar-refractivity contribution in [2.75, 3.05) is 94.6 Å². The van der Waals surface area contributed by atoms with Gasteiger partial charge >= 0.3 is 0 Å². The summed E-state index contributed by atoms with van der Waals surface area (Å²) >= 11 is 0. The molecule has 1 aliphatic heterocycles. The molecule has 0 aromatic heterocycles. The molecule has 0 amide bonds. The smallest absolute Gasteiger partial charge is 0.0909 e. The van der Waals surface area contributed by atoms with Crippen LogP contribution in [0.4, 0.5) is 0 Å². The highest BCUT2D eigenvalue weighted by Crippen LogP contribution is 2.03. The van der Waals surface area contributed by atoms with Crippen molar-refractivity contribution in [3.8, 4) is 0 Å². The lowest BCUT2D eigenvalue weighted by Crippen LogP contribution is -3.00. The van der Waals surface area contributed by atoms with Crippen LogP contribution >= 0.6 is 0 Å². The van der Waals surface area contributed by atoms with Crippen LogP contribution in [-0.2, 0) is 0 Å². The average molecular weight is 512 g/mol. The molecule has 0 bridgehead atoms. The molecule has 0 aromatic rings. The molecule has 0 saturated carbocycles. The molecule has 6 heteroatoms. The molecular weight excluding hydrogens is 478 g/mol. The van der Waals surface area contributed by atoms with E-state index in [0.29, 0.717) is 0 Å². The van der Waals surface area contributed by atoms with Crippen LogP contribution < -0.4 is 48.0 Å². The topological polar surface area (TPSA) is 6.48 Å². The van der Waals surface area contributed by atoms with Crippen LogP contribution in [0.3, 0.4) is 0 Å². The molecule has 0 atom stereocenters. The molecule has 0 spiro atoms. The standard InChI is InChI=1S/C14H34N4.2HI/c1-17(2,3)13-11-15-7-9-16(10-8-15)12-14-18(4,5)6;;/h7-14H2,1-6H3;2*1H/q+2;;/p-2. The fourth-order valence-electron chi connectivity index (χ4n) is 2.12. The first-order valence-electron chi connectivity index (χ1n) is 7.21. The van der Waals surface area contributed by atoms with Gasteiger partial charge in [-0.3, -0.25) is 9.80 Å². The van der Waals surface area contributed by atoms with Crippen LogP contribution in [0.25, 0.3) is 0 Å². The van der Waals surface area contributed by atoms with E-state index in [-0.39, 0.29) is 48.0 Å². The van der Waals surface area contributed by atoms with Crippen LogP contribution in [0, 0.1) is 0 Å². The van der Waals surface area contributed by atoms with Crippen molar-refractivity contribution < 1.29 is 56.9 Å². The number of rotatable bonds is 6. The zero-order valence-corrected chi connectivity index (χ0v) is 18.5. The summed E-state index contributed by atoms with van der Waals surface area (Å²) in [6.07, 6.45) is 0. The van der Waals surface area contributed by atoms with Crippen molar-refractivity contribution in [3.05, 3.63) is 0 Å². The first kappa shape index (κ1) is 23.6. The number of piperazine rings is 1. The number of hydrogen-bond acceptors (Lipinski definition) is 2. The highest BCUT2D eigenvalue weighted by atomic mass is 127. The molecule has 4 nitrogen and oxygen atoms in total. The maximum atomic E-state index is 2.62. The van der Waals surface area contributed by atoms with E-state index in [2.05, 4.69) is 52.1 Å². The molecule has 20 heavy (non-hydrogen) atoms. The molecule has 1 aliphatic rings. The summed E-state index contributed by atoms with van der Waals surface area (Å²) in [6.45, 7) is 9.97. The first-order valence-corrected chi connectivity index (χ1v) is 7.21. The summed E-state index contributed by atoms with van der Waals surface area (Å²) in [5.74, 6) is 0. The van der Waals surface area contributed by atoms with Gasteiger partial charge in [0.1, 0.15) is 0 Å². The third-order valence-corrected chi connectivity index (χ3v) is 3.64. The Morgan fingerprint density at radius 3 is 1.05 bits per heavy atom. The van der Waals surface area contributed by atoms with Crippen LogP contribution in [0.1, 0.15) is 0 Å². The monoisotopic (exact) mass is 512 g/mol. The minimum atomic E-state index is 0. The lowest BCUT2D eigenvalue weighted by Gasteiger charge is -2.37. The van der Waals surface area contributed by atoms with Gasteiger partial charge in [-0.25, -0.2) is 0 Å². The predicted molar refractivity (Wildman–Crippen MR) is 78.7 cm³/mol. The Labute approximate surface area is 160 Å². The van der Waals surface area contributed by atoms with Crippen LogP contribution in [0.5, 0.6) is 0 Å². The third-order valence-electron chi connectivity index (χ3n) is 3.64. The van der Waals surface area contributed by atoms with E-state index in [4.69, 9.17) is 0 Å². The number of quaternary nitrogens is 2. The van der Waals surface area contributed by atoms with E-state index < -0.39 is 0 Å². The highest BCUT2D eigenvalue weighted by molar-refractivity contribution is 4.71. The Hall–Kier alpha value is 1.30. The van der Waals surface area contributed by atoms with Gasteiger partial charge < -0.3 is 56.9 Å². The van der Waals surface area contributed by atoms with E-state index in [1.807, 2.05) is 0 Å². The molecule has 0 aliphatic carbocycles. The van der Waals surface area contributed by atoms with Crippen LogP contribution in [0.2, 0.25) is 0 Å². The van der Waals surface area contributed by atoms with E-state index in [1.54, 1.807) is 0 Å². The SMILES string of the molecule is C[N+](C)(C)CCN1CCN(CC[N+](C)(C)C)CC1.[I-].[I-]. The molecule has 1 heterocycles. The fraction of sp³-hybridized carbons (Fsp3) is 1.00. The number of likely N-dealkylation sites (N-methyl/N-ethyl adjacent to an activating group) is 2. The fourth-order valence-corrected chi connectivity index (χ4v) is 2.12. The van der Waals surface area contributed by atoms with Crippen molar-refractivity contribution in [2.45, 2.75) is 0 Å². The predicted octanol–water partition coefficient (Wildman–Crippen LogP) is -5.98. The van der Waals surface area contributed by atoms with E-state index in [9.17, 15) is 0 Å². The summed E-state index contributed by atoms with van der Waals surface area (Å²) in [5, 5.41) is 0. The molecule has 1 rings (SSSR count). The van der Waals surface area contributed by atoms with Gasteiger partial charge in [0.05, 0.1) is 55.4 Å². The molecule has 0 radical (unpaired) electrons. The minimum Gasteiger partial charge on any atom is -1.00 e. The highest BCUT2D eigenvalue weighted by Gasteiger charge is 2.20. The molecule has 1 saturated heterocycles. The number of hydrogen-bond donors (Lipinski definition) is 0. The van der Waals surface area contributed by atoms with E-state index in [1.165, 1.54) is 52.4 Å². The molecule has 124 valence electrons. The molecule has 0 unspecified atom stereocenters. The first-order chi connectivity index (χ1) is 8.16. The Kier molecular flexibility index (Phi) is 12.0. The zero-order valence-electron chi connectivity index (χ0n) is 14.2. The van der Waals surface area contributed by atoms with Crippen molar-refractivity contribution >= 4 is 0 Å². The number of nitrogens with zero attached hydrogens (tertiary/aromatic N) is 4. The Balaban J connectivity index is 0. The van der Waals surface area contributed by atoms with E-state index in [0.717, 1.165) is 8.97 Å². The summed E-state index contributed by atoms with van der Waals surface area (Å²) in [6, 6.07) is 0. The second-order valence-corrected chi connectivity index (χ2v) is 7.71. The average Bonchev–Trinajstić information content (AvgIpc) is 2.23. The quantitative estimate of drug-likeness (QED) is 0.259. The van der Waals surface area contributed by atoms with Crippen molar-refractivity contribution in [3.63, 3.8) is 0 Å². The summed E-state index contributed by atoms with van der Waals surface area (Å²) in [5.41, 5.74) is 0. The van der Waals surface area contributed by atoms with E-state index >= 15 is 0 Å². The van der Waals surface area contributed by atoms with Crippen LogP contribution in [0.15, 0.2) is 0 Å². The molecular formula is C14H34I2N4. The second kappa shape index (κ2) is 10.1. The van der Waals surface area contributed by atoms with Crippen molar-refractivity contribution in [1.82, 2.24) is 9.80 Å². The lowest BCUT2D eigenvalue weighted by atomic mass is 10.3. The van der Waals surface area contributed by atoms with Gasteiger partial charge in [0.25, 0.3) is 0 Å². The third kappa shape index (κ3) is 11.9. The van der Waals surface area contributed by atoms with Gasteiger partial charge in [0.2, 0.25) is 0 Å². The number of halogens is 2. The minimum absolute atomic E-state index is 0. The van der Waals surface area contributed by atoms with Crippen molar-refractivity contribution in [2.24, 2.45) is 0 Å². The second-order valence-electron chi connectivity index (χ2n) is 7.71. The maximum absolute atomic E-state index is 2.62. The van der Waals surface area contributed by atoms with Gasteiger partial charge in [0, 0.05) is 39.3 Å². The lowest BCUT2D eigenvalue weighted by molar-refractivity contribution is -0.870. The Bertz CT molecular complexity index is 215. The Morgan fingerprint density at radius 2 is 0.850 bits per heavy atom. The van der Waals surface area contributed by atoms with Crippen LogP contribution in [-0.4, -0.2) is 113 Å². The maximum Gasteiger partial charge on any atom is 0.0909 e. The van der Waals surface area contributed by atoms with Gasteiger partial charge in [-0.2, -0.15) is 0 Å². The van der Waals surface area contributed by atoms with Gasteiger partial charge in [0.15, 0.2) is 0 Å². The largest absolute Gasteiger partial charge is 1.00 e. The summed E-state index contributed by atoms with van der Waals surface area (Å²) < 4.78 is 2.14.